The highest BCUT2D eigenvalue weighted by Crippen LogP contribution is 2.38. The fourth-order valence-corrected chi connectivity index (χ4v) is 4.82. The molecule has 5 heterocycles. The molecular weight excluding hydrogens is 424 g/mol. The van der Waals surface area contributed by atoms with Crippen LogP contribution in [0, 0.1) is 6.92 Å². The van der Waals surface area contributed by atoms with Crippen LogP contribution in [0.1, 0.15) is 40.3 Å². The Hall–Kier alpha value is -3.33. The first-order chi connectivity index (χ1) is 16.2. The van der Waals surface area contributed by atoms with Crippen molar-refractivity contribution in [3.8, 4) is 22.9 Å². The van der Waals surface area contributed by atoms with E-state index in [2.05, 4.69) is 16.5 Å². The molecule has 0 radical (unpaired) electrons. The van der Waals surface area contributed by atoms with Gasteiger partial charge in [-0.05, 0) is 43.9 Å². The molecule has 1 aliphatic carbocycles. The smallest absolute Gasteiger partial charge is 0.287 e. The lowest BCUT2D eigenvalue weighted by Gasteiger charge is -2.25. The third-order valence-electron chi connectivity index (χ3n) is 6.46. The molecule has 1 amide bonds. The van der Waals surface area contributed by atoms with E-state index >= 15 is 0 Å². The number of hydrogen-bond donors (Lipinski definition) is 1. The number of furan rings is 1. The van der Waals surface area contributed by atoms with Crippen molar-refractivity contribution < 1.29 is 23.4 Å². The van der Waals surface area contributed by atoms with Crippen molar-refractivity contribution in [1.29, 1.82) is 0 Å². The zero-order valence-corrected chi connectivity index (χ0v) is 18.5. The lowest BCUT2D eigenvalue weighted by molar-refractivity contribution is 0.0716. The van der Waals surface area contributed by atoms with Crippen molar-refractivity contribution >= 4 is 5.91 Å². The van der Waals surface area contributed by atoms with Crippen LogP contribution in [0.2, 0.25) is 0 Å². The maximum Gasteiger partial charge on any atom is 0.287 e. The molecule has 3 aliphatic rings. The molecule has 2 aliphatic heterocycles. The summed E-state index contributed by atoms with van der Waals surface area (Å²) < 4.78 is 25.3. The van der Waals surface area contributed by atoms with E-state index in [4.69, 9.17) is 23.7 Å². The molecular formula is C24H26N4O5. The van der Waals surface area contributed by atoms with E-state index in [1.54, 1.807) is 6.20 Å². The Morgan fingerprint density at radius 3 is 3.12 bits per heavy atom. The predicted molar refractivity (Wildman–Crippen MR) is 118 cm³/mol. The Morgan fingerprint density at radius 1 is 1.30 bits per heavy atom. The average Bonchev–Trinajstić information content (AvgIpc) is 3.56. The molecule has 1 fully saturated rings. The van der Waals surface area contributed by atoms with Gasteiger partial charge in [-0.25, -0.2) is 4.98 Å². The zero-order valence-electron chi connectivity index (χ0n) is 18.5. The Bertz CT molecular complexity index is 1190. The number of carbonyl (C=O) groups is 1. The van der Waals surface area contributed by atoms with Gasteiger partial charge in [-0.3, -0.25) is 9.48 Å². The van der Waals surface area contributed by atoms with Crippen LogP contribution >= 0.6 is 0 Å². The molecule has 1 saturated heterocycles. The van der Waals surface area contributed by atoms with Crippen LogP contribution in [0.3, 0.4) is 0 Å². The lowest BCUT2D eigenvalue weighted by Crippen LogP contribution is -2.33. The second-order valence-electron chi connectivity index (χ2n) is 8.78. The zero-order chi connectivity index (χ0) is 22.4. The molecule has 6 rings (SSSR count). The second-order valence-corrected chi connectivity index (χ2v) is 8.78. The predicted octanol–water partition coefficient (Wildman–Crippen LogP) is 2.69. The molecule has 0 saturated carbocycles. The molecule has 0 aromatic carbocycles. The van der Waals surface area contributed by atoms with E-state index in [0.29, 0.717) is 37.1 Å². The number of fused-ring (bicyclic) bond motifs is 4. The normalized spacial score (nSPS) is 20.9. The first kappa shape index (κ1) is 20.3. The fourth-order valence-electron chi connectivity index (χ4n) is 4.82. The molecule has 3 aromatic heterocycles. The van der Waals surface area contributed by atoms with Crippen LogP contribution in [0.4, 0.5) is 0 Å². The van der Waals surface area contributed by atoms with Gasteiger partial charge in [-0.2, -0.15) is 5.10 Å². The molecule has 9 nitrogen and oxygen atoms in total. The molecule has 9 heteroatoms. The highest BCUT2D eigenvalue weighted by molar-refractivity contribution is 5.95. The van der Waals surface area contributed by atoms with Crippen molar-refractivity contribution in [3.05, 3.63) is 47.2 Å². The fraction of sp³-hybridized carbons (Fsp3) is 0.458. The van der Waals surface area contributed by atoms with Gasteiger partial charge in [-0.15, -0.1) is 0 Å². The summed E-state index contributed by atoms with van der Waals surface area (Å²) in [5.41, 5.74) is 3.80. The Kier molecular flexibility index (Phi) is 5.05. The minimum atomic E-state index is -0.196. The summed E-state index contributed by atoms with van der Waals surface area (Å²) in [6.07, 6.45) is 7.27. The highest BCUT2D eigenvalue weighted by Gasteiger charge is 2.31. The van der Waals surface area contributed by atoms with E-state index in [0.717, 1.165) is 60.4 Å². The second kappa shape index (κ2) is 8.22. The van der Waals surface area contributed by atoms with E-state index in [-0.39, 0.29) is 18.1 Å². The van der Waals surface area contributed by atoms with Crippen LogP contribution in [-0.2, 0) is 24.1 Å². The summed E-state index contributed by atoms with van der Waals surface area (Å²) in [6.45, 7) is 4.18. The van der Waals surface area contributed by atoms with Gasteiger partial charge in [0.15, 0.2) is 17.6 Å². The maximum atomic E-state index is 12.8. The van der Waals surface area contributed by atoms with Gasteiger partial charge < -0.3 is 23.9 Å². The van der Waals surface area contributed by atoms with Crippen molar-refractivity contribution in [3.63, 3.8) is 0 Å². The molecule has 0 bridgehead atoms. The SMILES string of the molecule is Cc1c(C(=O)NCC2CCCO2)oc2c1-c1nn(CC3COc4ncccc4O3)cc1CC2. The van der Waals surface area contributed by atoms with Crippen molar-refractivity contribution in [2.24, 2.45) is 0 Å². The number of aryl methyl sites for hydroxylation is 2. The van der Waals surface area contributed by atoms with Gasteiger partial charge in [0.25, 0.3) is 11.8 Å². The summed E-state index contributed by atoms with van der Waals surface area (Å²) >= 11 is 0. The van der Waals surface area contributed by atoms with Gasteiger partial charge in [0.2, 0.25) is 0 Å². The molecule has 33 heavy (non-hydrogen) atoms. The number of amides is 1. The number of pyridine rings is 1. The van der Waals surface area contributed by atoms with E-state index in [1.165, 1.54) is 0 Å². The van der Waals surface area contributed by atoms with Crippen molar-refractivity contribution in [2.45, 2.75) is 51.4 Å². The first-order valence-electron chi connectivity index (χ1n) is 11.5. The standard InChI is InChI=1S/C24H26N4O5/c1-14-20-18(33-22(14)23(29)26-10-16-4-3-9-30-16)7-6-15-11-28(27-21(15)20)12-17-13-31-24-19(32-17)5-2-8-25-24/h2,5,8,11,16-17H,3-4,6-7,9-10,12-13H2,1H3,(H,26,29). The average molecular weight is 450 g/mol. The van der Waals surface area contributed by atoms with E-state index in [1.807, 2.05) is 23.7 Å². The summed E-state index contributed by atoms with van der Waals surface area (Å²) in [4.78, 5) is 17.0. The molecule has 172 valence electrons. The Morgan fingerprint density at radius 2 is 2.24 bits per heavy atom. The van der Waals surface area contributed by atoms with Crippen LogP contribution in [-0.4, -0.2) is 52.6 Å². The Balaban J connectivity index is 1.19. The maximum absolute atomic E-state index is 12.8. The number of nitrogens with one attached hydrogen (secondary N) is 1. The number of ether oxygens (including phenoxy) is 3. The van der Waals surface area contributed by atoms with E-state index in [9.17, 15) is 4.79 Å². The van der Waals surface area contributed by atoms with Crippen molar-refractivity contribution in [2.75, 3.05) is 19.8 Å². The van der Waals surface area contributed by atoms with Gasteiger partial charge in [-0.1, -0.05) is 0 Å². The number of rotatable bonds is 5. The van der Waals surface area contributed by atoms with Crippen LogP contribution in [0.5, 0.6) is 11.6 Å². The van der Waals surface area contributed by atoms with Gasteiger partial charge >= 0.3 is 0 Å². The summed E-state index contributed by atoms with van der Waals surface area (Å²) in [6, 6.07) is 3.68. The van der Waals surface area contributed by atoms with Crippen LogP contribution in [0.25, 0.3) is 11.3 Å². The minimum absolute atomic E-state index is 0.0925. The highest BCUT2D eigenvalue weighted by atomic mass is 16.6. The topological polar surface area (TPSA) is 101 Å². The molecule has 0 spiro atoms. The van der Waals surface area contributed by atoms with Gasteiger partial charge in [0.1, 0.15) is 12.4 Å². The number of hydrogen-bond acceptors (Lipinski definition) is 7. The van der Waals surface area contributed by atoms with Crippen molar-refractivity contribution in [1.82, 2.24) is 20.1 Å². The molecule has 1 N–H and O–H groups in total. The van der Waals surface area contributed by atoms with Gasteiger partial charge in [0, 0.05) is 43.1 Å². The van der Waals surface area contributed by atoms with Crippen LogP contribution < -0.4 is 14.8 Å². The monoisotopic (exact) mass is 450 g/mol. The van der Waals surface area contributed by atoms with Crippen LogP contribution in [0.15, 0.2) is 28.9 Å². The summed E-state index contributed by atoms with van der Waals surface area (Å²) in [5.74, 6) is 2.17. The number of aromatic nitrogens is 3. The first-order valence-corrected chi connectivity index (χ1v) is 11.5. The Labute approximate surface area is 191 Å². The van der Waals surface area contributed by atoms with E-state index < -0.39 is 0 Å². The third kappa shape index (κ3) is 3.76. The largest absolute Gasteiger partial charge is 0.479 e. The summed E-state index contributed by atoms with van der Waals surface area (Å²) in [7, 11) is 0. The number of nitrogens with zero attached hydrogens (tertiary/aromatic N) is 3. The summed E-state index contributed by atoms with van der Waals surface area (Å²) in [5, 5.41) is 7.80. The lowest BCUT2D eigenvalue weighted by atomic mass is 9.93. The quantitative estimate of drug-likeness (QED) is 0.638. The number of carbonyl (C=O) groups excluding carboxylic acids is 1. The molecule has 3 aromatic rings. The third-order valence-corrected chi connectivity index (χ3v) is 6.46. The molecule has 2 atom stereocenters. The molecule has 2 unspecified atom stereocenters. The minimum Gasteiger partial charge on any atom is -0.479 e. The van der Waals surface area contributed by atoms with Gasteiger partial charge in [0.05, 0.1) is 18.3 Å².